The second-order valence-corrected chi connectivity index (χ2v) is 4.97. The van der Waals surface area contributed by atoms with Gasteiger partial charge in [0.1, 0.15) is 12.4 Å². The largest absolute Gasteiger partial charge is 0.492 e. The van der Waals surface area contributed by atoms with E-state index < -0.39 is 0 Å². The quantitative estimate of drug-likeness (QED) is 0.869. The van der Waals surface area contributed by atoms with Gasteiger partial charge in [-0.3, -0.25) is 4.90 Å². The van der Waals surface area contributed by atoms with Gasteiger partial charge in [-0.1, -0.05) is 25.0 Å². The lowest BCUT2D eigenvalue weighted by atomic mass is 10.2. The topological polar surface area (TPSA) is 38.5 Å². The predicted octanol–water partition coefficient (Wildman–Crippen LogP) is 2.40. The molecule has 1 heterocycles. The minimum absolute atomic E-state index is 0.565. The van der Waals surface area contributed by atoms with Crippen LogP contribution in [0.15, 0.2) is 24.3 Å². The first-order valence-electron chi connectivity index (χ1n) is 7.02. The molecule has 3 nitrogen and oxygen atoms in total. The standard InChI is InChI=1S/C15H24N2O/c16-9-12-18-15-7-5-14(6-8-15)13-17-10-3-1-2-4-11-17/h5-8H,1-4,9-13,16H2. The van der Waals surface area contributed by atoms with Crippen molar-refractivity contribution < 1.29 is 4.74 Å². The van der Waals surface area contributed by atoms with E-state index in [0.29, 0.717) is 13.2 Å². The molecule has 0 amide bonds. The van der Waals surface area contributed by atoms with E-state index in [0.717, 1.165) is 12.3 Å². The molecule has 0 aliphatic carbocycles. The minimum atomic E-state index is 0.565. The molecule has 1 aliphatic heterocycles. The van der Waals surface area contributed by atoms with E-state index in [-0.39, 0.29) is 0 Å². The molecule has 1 aromatic carbocycles. The van der Waals surface area contributed by atoms with Gasteiger partial charge in [-0.25, -0.2) is 0 Å². The molecule has 0 aromatic heterocycles. The van der Waals surface area contributed by atoms with Crippen molar-refractivity contribution in [2.45, 2.75) is 32.2 Å². The van der Waals surface area contributed by atoms with Gasteiger partial charge >= 0.3 is 0 Å². The summed E-state index contributed by atoms with van der Waals surface area (Å²) in [6.07, 6.45) is 5.47. The lowest BCUT2D eigenvalue weighted by molar-refractivity contribution is 0.276. The SMILES string of the molecule is NCCOc1ccc(CN2CCCCCC2)cc1. The molecule has 2 N–H and O–H groups in total. The number of nitrogens with two attached hydrogens (primary N) is 1. The smallest absolute Gasteiger partial charge is 0.119 e. The summed E-state index contributed by atoms with van der Waals surface area (Å²) in [4.78, 5) is 2.56. The van der Waals surface area contributed by atoms with E-state index in [9.17, 15) is 0 Å². The highest BCUT2D eigenvalue weighted by Crippen LogP contribution is 2.16. The van der Waals surface area contributed by atoms with Gasteiger partial charge < -0.3 is 10.5 Å². The van der Waals surface area contributed by atoms with Crippen LogP contribution in [0.3, 0.4) is 0 Å². The van der Waals surface area contributed by atoms with Crippen molar-refractivity contribution in [1.82, 2.24) is 4.90 Å². The van der Waals surface area contributed by atoms with Crippen LogP contribution in [0, 0.1) is 0 Å². The summed E-state index contributed by atoms with van der Waals surface area (Å²) in [6.45, 7) is 4.70. The van der Waals surface area contributed by atoms with Crippen LogP contribution < -0.4 is 10.5 Å². The van der Waals surface area contributed by atoms with Crippen molar-refractivity contribution >= 4 is 0 Å². The van der Waals surface area contributed by atoms with Gasteiger partial charge in [-0.15, -0.1) is 0 Å². The van der Waals surface area contributed by atoms with E-state index in [1.807, 2.05) is 12.1 Å². The Morgan fingerprint density at radius 3 is 2.28 bits per heavy atom. The Labute approximate surface area is 110 Å². The molecule has 1 aromatic rings. The molecule has 0 radical (unpaired) electrons. The maximum absolute atomic E-state index is 5.48. The molecular formula is C15H24N2O. The summed E-state index contributed by atoms with van der Waals surface area (Å²) in [7, 11) is 0. The zero-order chi connectivity index (χ0) is 12.6. The van der Waals surface area contributed by atoms with E-state index in [1.165, 1.54) is 44.3 Å². The second-order valence-electron chi connectivity index (χ2n) is 4.97. The van der Waals surface area contributed by atoms with E-state index in [4.69, 9.17) is 10.5 Å². The molecule has 0 unspecified atom stereocenters. The Morgan fingerprint density at radius 1 is 1.00 bits per heavy atom. The van der Waals surface area contributed by atoms with Crippen molar-refractivity contribution in [2.75, 3.05) is 26.2 Å². The summed E-state index contributed by atoms with van der Waals surface area (Å²) in [5, 5.41) is 0. The number of hydrogen-bond donors (Lipinski definition) is 1. The number of nitrogens with zero attached hydrogens (tertiary/aromatic N) is 1. The number of rotatable bonds is 5. The molecule has 1 saturated heterocycles. The third kappa shape index (κ3) is 4.31. The molecule has 0 bridgehead atoms. The van der Waals surface area contributed by atoms with Crippen LogP contribution in [0.4, 0.5) is 0 Å². The maximum Gasteiger partial charge on any atom is 0.119 e. The molecule has 0 spiro atoms. The highest BCUT2D eigenvalue weighted by molar-refractivity contribution is 5.27. The number of ether oxygens (including phenoxy) is 1. The lowest BCUT2D eigenvalue weighted by Gasteiger charge is -2.19. The summed E-state index contributed by atoms with van der Waals surface area (Å²) in [6, 6.07) is 8.42. The summed E-state index contributed by atoms with van der Waals surface area (Å²) >= 11 is 0. The lowest BCUT2D eigenvalue weighted by Crippen LogP contribution is -2.23. The van der Waals surface area contributed by atoms with Crippen LogP contribution in [0.5, 0.6) is 5.75 Å². The Balaban J connectivity index is 1.84. The Morgan fingerprint density at radius 2 is 1.67 bits per heavy atom. The average Bonchev–Trinajstić information content (AvgIpc) is 2.67. The van der Waals surface area contributed by atoms with E-state index >= 15 is 0 Å². The molecule has 3 heteroatoms. The normalized spacial score (nSPS) is 17.4. The van der Waals surface area contributed by atoms with Gasteiger partial charge in [0, 0.05) is 13.1 Å². The van der Waals surface area contributed by atoms with Crippen molar-refractivity contribution in [3.63, 3.8) is 0 Å². The molecule has 0 atom stereocenters. The van der Waals surface area contributed by atoms with Gasteiger partial charge in [0.15, 0.2) is 0 Å². The van der Waals surface area contributed by atoms with Crippen molar-refractivity contribution in [3.8, 4) is 5.75 Å². The Kier molecular flexibility index (Phi) is 5.49. The van der Waals surface area contributed by atoms with Crippen LogP contribution in [-0.4, -0.2) is 31.1 Å². The molecular weight excluding hydrogens is 224 g/mol. The van der Waals surface area contributed by atoms with Crippen molar-refractivity contribution in [2.24, 2.45) is 5.73 Å². The highest BCUT2D eigenvalue weighted by atomic mass is 16.5. The highest BCUT2D eigenvalue weighted by Gasteiger charge is 2.09. The van der Waals surface area contributed by atoms with E-state index in [2.05, 4.69) is 17.0 Å². The van der Waals surface area contributed by atoms with Crippen LogP contribution in [0.1, 0.15) is 31.2 Å². The fraction of sp³-hybridized carbons (Fsp3) is 0.600. The third-order valence-corrected chi connectivity index (χ3v) is 3.41. The average molecular weight is 248 g/mol. The predicted molar refractivity (Wildman–Crippen MR) is 74.7 cm³/mol. The fourth-order valence-corrected chi connectivity index (χ4v) is 2.42. The third-order valence-electron chi connectivity index (χ3n) is 3.41. The number of likely N-dealkylation sites (tertiary alicyclic amines) is 1. The van der Waals surface area contributed by atoms with Gasteiger partial charge in [0.05, 0.1) is 0 Å². The molecule has 18 heavy (non-hydrogen) atoms. The molecule has 0 saturated carbocycles. The van der Waals surface area contributed by atoms with Crippen LogP contribution >= 0.6 is 0 Å². The molecule has 1 aliphatic rings. The van der Waals surface area contributed by atoms with Gasteiger partial charge in [0.2, 0.25) is 0 Å². The number of hydrogen-bond acceptors (Lipinski definition) is 3. The zero-order valence-electron chi connectivity index (χ0n) is 11.1. The van der Waals surface area contributed by atoms with E-state index in [1.54, 1.807) is 0 Å². The fourth-order valence-electron chi connectivity index (χ4n) is 2.42. The van der Waals surface area contributed by atoms with Gasteiger partial charge in [-0.05, 0) is 43.6 Å². The summed E-state index contributed by atoms with van der Waals surface area (Å²) in [5.74, 6) is 0.917. The van der Waals surface area contributed by atoms with Gasteiger partial charge in [0.25, 0.3) is 0 Å². The van der Waals surface area contributed by atoms with Crippen LogP contribution in [0.2, 0.25) is 0 Å². The first-order valence-corrected chi connectivity index (χ1v) is 7.02. The monoisotopic (exact) mass is 248 g/mol. The summed E-state index contributed by atoms with van der Waals surface area (Å²) < 4.78 is 5.48. The molecule has 2 rings (SSSR count). The summed E-state index contributed by atoms with van der Waals surface area (Å²) in [5.41, 5.74) is 6.79. The minimum Gasteiger partial charge on any atom is -0.492 e. The zero-order valence-corrected chi connectivity index (χ0v) is 11.1. The first-order chi connectivity index (χ1) is 8.88. The first kappa shape index (κ1) is 13.4. The second kappa shape index (κ2) is 7.39. The maximum atomic E-state index is 5.48. The van der Waals surface area contributed by atoms with Crippen LogP contribution in [-0.2, 0) is 6.54 Å². The van der Waals surface area contributed by atoms with Gasteiger partial charge in [-0.2, -0.15) is 0 Å². The van der Waals surface area contributed by atoms with Crippen molar-refractivity contribution in [1.29, 1.82) is 0 Å². The Hall–Kier alpha value is -1.06. The van der Waals surface area contributed by atoms with Crippen molar-refractivity contribution in [3.05, 3.63) is 29.8 Å². The number of benzene rings is 1. The van der Waals surface area contributed by atoms with Crippen LogP contribution in [0.25, 0.3) is 0 Å². The Bertz CT molecular complexity index is 329. The molecule has 100 valence electrons. The molecule has 1 fully saturated rings.